The van der Waals surface area contributed by atoms with Crippen LogP contribution in [-0.2, 0) is 22.6 Å². The molecule has 1 aromatic carbocycles. The summed E-state index contributed by atoms with van der Waals surface area (Å²) in [5.74, 6) is 1.45. The number of amides is 1. The van der Waals surface area contributed by atoms with Crippen LogP contribution >= 0.6 is 0 Å². The number of carboxylic acids is 1. The molecule has 0 saturated carbocycles. The van der Waals surface area contributed by atoms with Gasteiger partial charge in [-0.1, -0.05) is 38.1 Å². The Morgan fingerprint density at radius 3 is 2.53 bits per heavy atom. The fourth-order valence-electron chi connectivity index (χ4n) is 6.07. The molecule has 3 aliphatic rings. The van der Waals surface area contributed by atoms with Gasteiger partial charge in [-0.3, -0.25) is 14.5 Å². The van der Waals surface area contributed by atoms with Crippen molar-refractivity contribution in [2.24, 2.45) is 17.8 Å². The van der Waals surface area contributed by atoms with E-state index >= 15 is 0 Å². The third-order valence-electron chi connectivity index (χ3n) is 7.40. The van der Waals surface area contributed by atoms with Gasteiger partial charge in [-0.25, -0.2) is 0 Å². The molecule has 0 spiro atoms. The van der Waals surface area contributed by atoms with Crippen molar-refractivity contribution in [3.8, 4) is 0 Å². The molecule has 1 N–H and O–H groups in total. The Labute approximate surface area is 180 Å². The Bertz CT molecular complexity index is 760. The van der Waals surface area contributed by atoms with E-state index in [-0.39, 0.29) is 6.42 Å². The molecule has 0 aromatic heterocycles. The summed E-state index contributed by atoms with van der Waals surface area (Å²) in [6, 6.07) is 8.88. The highest BCUT2D eigenvalue weighted by molar-refractivity contribution is 5.78. The minimum atomic E-state index is -0.786. The molecule has 1 aromatic rings. The number of fused-ring (bicyclic) bond motifs is 4. The highest BCUT2D eigenvalue weighted by Crippen LogP contribution is 2.43. The number of benzene rings is 1. The van der Waals surface area contributed by atoms with Gasteiger partial charge in [0.25, 0.3) is 0 Å². The van der Waals surface area contributed by atoms with Crippen LogP contribution in [0.3, 0.4) is 0 Å². The monoisotopic (exact) mass is 412 g/mol. The van der Waals surface area contributed by atoms with Crippen molar-refractivity contribution in [3.05, 3.63) is 35.4 Å². The lowest BCUT2D eigenvalue weighted by molar-refractivity contribution is -0.153. The van der Waals surface area contributed by atoms with E-state index in [1.54, 1.807) is 0 Å². The molecule has 0 radical (unpaired) electrons. The van der Waals surface area contributed by atoms with Gasteiger partial charge in [0, 0.05) is 38.1 Å². The minimum absolute atomic E-state index is 0.0806. The summed E-state index contributed by atoms with van der Waals surface area (Å²) < 4.78 is 0. The van der Waals surface area contributed by atoms with Crippen LogP contribution in [0.4, 0.5) is 0 Å². The molecule has 4 rings (SSSR count). The highest BCUT2D eigenvalue weighted by atomic mass is 16.4. The summed E-state index contributed by atoms with van der Waals surface area (Å²) in [5, 5.41) is 8.97. The summed E-state index contributed by atoms with van der Waals surface area (Å²) in [7, 11) is 0. The van der Waals surface area contributed by atoms with Crippen molar-refractivity contribution in [2.45, 2.75) is 77.4 Å². The molecule has 5 nitrogen and oxygen atoms in total. The molecule has 3 heterocycles. The predicted octanol–water partition coefficient (Wildman–Crippen LogP) is 3.95. The SMILES string of the molecule is CC(C)CC[C@H]1[C@H]2C[C@H](CN(Cc3ccc(CC(=O)O)cc3)C2)[C@@H]2CCCC(=O)N21. The number of aliphatic carboxylic acids is 1. The number of carbonyl (C=O) groups is 2. The largest absolute Gasteiger partial charge is 0.481 e. The van der Waals surface area contributed by atoms with Gasteiger partial charge in [0.05, 0.1) is 6.42 Å². The first-order chi connectivity index (χ1) is 14.4. The smallest absolute Gasteiger partial charge is 0.307 e. The van der Waals surface area contributed by atoms with E-state index < -0.39 is 5.97 Å². The zero-order chi connectivity index (χ0) is 21.3. The van der Waals surface area contributed by atoms with E-state index in [2.05, 4.69) is 35.8 Å². The van der Waals surface area contributed by atoms with Gasteiger partial charge >= 0.3 is 5.97 Å². The Balaban J connectivity index is 1.47. The first-order valence-electron chi connectivity index (χ1n) is 11.7. The Kier molecular flexibility index (Phi) is 6.47. The molecule has 0 aliphatic carbocycles. The second-order valence-electron chi connectivity index (χ2n) is 10.1. The molecular weight excluding hydrogens is 376 g/mol. The average molecular weight is 413 g/mol. The number of hydrogen-bond acceptors (Lipinski definition) is 3. The second-order valence-corrected chi connectivity index (χ2v) is 10.1. The number of carboxylic acid groups (broad SMARTS) is 1. The summed E-state index contributed by atoms with van der Waals surface area (Å²) in [6.07, 6.45) is 6.62. The first kappa shape index (κ1) is 21.4. The zero-order valence-electron chi connectivity index (χ0n) is 18.4. The van der Waals surface area contributed by atoms with Gasteiger partial charge in [0.1, 0.15) is 0 Å². The van der Waals surface area contributed by atoms with E-state index in [0.717, 1.165) is 44.5 Å². The molecular formula is C25H36N2O3. The summed E-state index contributed by atoms with van der Waals surface area (Å²) in [6.45, 7) is 7.61. The summed E-state index contributed by atoms with van der Waals surface area (Å²) in [4.78, 5) is 28.7. The van der Waals surface area contributed by atoms with Crippen LogP contribution in [0.2, 0.25) is 0 Å². The minimum Gasteiger partial charge on any atom is -0.481 e. The zero-order valence-corrected chi connectivity index (χ0v) is 18.4. The van der Waals surface area contributed by atoms with E-state index in [9.17, 15) is 9.59 Å². The summed E-state index contributed by atoms with van der Waals surface area (Å²) >= 11 is 0. The molecule has 1 amide bonds. The van der Waals surface area contributed by atoms with Gasteiger partial charge in [-0.05, 0) is 61.0 Å². The number of likely N-dealkylation sites (tertiary alicyclic amines) is 1. The van der Waals surface area contributed by atoms with E-state index in [1.165, 1.54) is 24.8 Å². The van der Waals surface area contributed by atoms with Gasteiger partial charge in [0.2, 0.25) is 5.91 Å². The van der Waals surface area contributed by atoms with Crippen LogP contribution < -0.4 is 0 Å². The van der Waals surface area contributed by atoms with Crippen LogP contribution in [0.25, 0.3) is 0 Å². The lowest BCUT2D eigenvalue weighted by Crippen LogP contribution is -2.64. The van der Waals surface area contributed by atoms with E-state index in [4.69, 9.17) is 5.11 Å². The van der Waals surface area contributed by atoms with E-state index in [1.807, 2.05) is 12.1 Å². The summed E-state index contributed by atoms with van der Waals surface area (Å²) in [5.41, 5.74) is 2.10. The molecule has 5 heteroatoms. The average Bonchev–Trinajstić information content (AvgIpc) is 2.69. The van der Waals surface area contributed by atoms with Crippen molar-refractivity contribution in [3.63, 3.8) is 0 Å². The molecule has 4 atom stereocenters. The Hall–Kier alpha value is -1.88. The Morgan fingerprint density at radius 2 is 1.83 bits per heavy atom. The van der Waals surface area contributed by atoms with Crippen molar-refractivity contribution in [1.29, 1.82) is 0 Å². The molecule has 0 unspecified atom stereocenters. The van der Waals surface area contributed by atoms with Crippen LogP contribution in [0.1, 0.15) is 63.5 Å². The van der Waals surface area contributed by atoms with Crippen molar-refractivity contribution < 1.29 is 14.7 Å². The van der Waals surface area contributed by atoms with Crippen LogP contribution in [0.5, 0.6) is 0 Å². The third-order valence-corrected chi connectivity index (χ3v) is 7.40. The first-order valence-corrected chi connectivity index (χ1v) is 11.7. The quantitative estimate of drug-likeness (QED) is 0.737. The molecule has 30 heavy (non-hydrogen) atoms. The predicted molar refractivity (Wildman–Crippen MR) is 117 cm³/mol. The fourth-order valence-corrected chi connectivity index (χ4v) is 6.07. The van der Waals surface area contributed by atoms with Crippen molar-refractivity contribution >= 4 is 11.9 Å². The van der Waals surface area contributed by atoms with Gasteiger partial charge in [-0.15, -0.1) is 0 Å². The molecule has 164 valence electrons. The van der Waals surface area contributed by atoms with Crippen LogP contribution in [0, 0.1) is 17.8 Å². The standard InChI is InChI=1S/C25H36N2O3/c1-17(2)6-11-23-21-13-20(22-4-3-5-24(28)27(22)23)15-26(16-21)14-19-9-7-18(8-10-19)12-25(29)30/h7-10,17,20-23H,3-6,11-16H2,1-2H3,(H,29,30)/t20-,21+,22+,23+/m1/s1. The number of rotatable bonds is 7. The second kappa shape index (κ2) is 9.09. The van der Waals surface area contributed by atoms with Crippen LogP contribution in [0.15, 0.2) is 24.3 Å². The maximum absolute atomic E-state index is 12.9. The molecule has 3 saturated heterocycles. The highest BCUT2D eigenvalue weighted by Gasteiger charge is 2.48. The molecule has 3 aliphatic heterocycles. The maximum atomic E-state index is 12.9. The van der Waals surface area contributed by atoms with Crippen molar-refractivity contribution in [1.82, 2.24) is 9.80 Å². The topological polar surface area (TPSA) is 60.9 Å². The number of nitrogens with zero attached hydrogens (tertiary/aromatic N) is 2. The fraction of sp³-hybridized carbons (Fsp3) is 0.680. The lowest BCUT2D eigenvalue weighted by Gasteiger charge is -2.57. The third kappa shape index (κ3) is 4.72. The molecule has 2 bridgehead atoms. The number of carbonyl (C=O) groups excluding carboxylic acids is 1. The van der Waals surface area contributed by atoms with Gasteiger partial charge in [0.15, 0.2) is 0 Å². The number of hydrogen-bond donors (Lipinski definition) is 1. The lowest BCUT2D eigenvalue weighted by atomic mass is 9.70. The molecule has 3 fully saturated rings. The number of piperidine rings is 3. The van der Waals surface area contributed by atoms with Crippen molar-refractivity contribution in [2.75, 3.05) is 13.1 Å². The van der Waals surface area contributed by atoms with Crippen LogP contribution in [-0.4, -0.2) is 52.0 Å². The van der Waals surface area contributed by atoms with Gasteiger partial charge in [-0.2, -0.15) is 0 Å². The normalized spacial score (nSPS) is 29.2. The van der Waals surface area contributed by atoms with Gasteiger partial charge < -0.3 is 10.0 Å². The maximum Gasteiger partial charge on any atom is 0.307 e. The Morgan fingerprint density at radius 1 is 1.13 bits per heavy atom. The van der Waals surface area contributed by atoms with E-state index in [0.29, 0.717) is 35.7 Å².